The van der Waals surface area contributed by atoms with Gasteiger partial charge in [0.2, 0.25) is 0 Å². The summed E-state index contributed by atoms with van der Waals surface area (Å²) < 4.78 is 23.4. The van der Waals surface area contributed by atoms with Crippen LogP contribution < -0.4 is 18.9 Å². The maximum absolute atomic E-state index is 9.21. The largest absolute Gasteiger partial charge is 0.492 e. The van der Waals surface area contributed by atoms with Crippen molar-refractivity contribution in [2.45, 2.75) is 22.6 Å². The van der Waals surface area contributed by atoms with Crippen LogP contribution in [0.4, 0.5) is 0 Å². The van der Waals surface area contributed by atoms with E-state index in [0.717, 1.165) is 28.4 Å². The van der Waals surface area contributed by atoms with Gasteiger partial charge in [-0.2, -0.15) is 0 Å². The first kappa shape index (κ1) is 19.7. The van der Waals surface area contributed by atoms with Crippen LogP contribution in [0.3, 0.4) is 0 Å². The quantitative estimate of drug-likeness (QED) is 0.782. The molecule has 0 atom stereocenters. The lowest BCUT2D eigenvalue weighted by Gasteiger charge is -2.19. The van der Waals surface area contributed by atoms with E-state index in [9.17, 15) is 5.11 Å². The molecule has 2 aromatic rings. The third-order valence-electron chi connectivity index (χ3n) is 3.84. The van der Waals surface area contributed by atoms with Gasteiger partial charge in [0, 0.05) is 0 Å². The summed E-state index contributed by atoms with van der Waals surface area (Å²) in [4.78, 5) is 1.70. The second-order valence-electron chi connectivity index (χ2n) is 5.82. The molecule has 1 aliphatic rings. The number of hydrogen-bond acceptors (Lipinski definition) is 7. The Kier molecular flexibility index (Phi) is 7.50. The van der Waals surface area contributed by atoms with Gasteiger partial charge in [-0.25, -0.2) is 0 Å². The van der Waals surface area contributed by atoms with Crippen LogP contribution in [0.15, 0.2) is 46.2 Å². The predicted molar refractivity (Wildman–Crippen MR) is 102 cm³/mol. The highest BCUT2D eigenvalue weighted by molar-refractivity contribution is 7.99. The predicted octanol–water partition coefficient (Wildman–Crippen LogP) is 3.13. The molecule has 3 rings (SSSR count). The number of benzene rings is 2. The minimum absolute atomic E-state index is 0.100. The first-order valence-electron chi connectivity index (χ1n) is 9.00. The fraction of sp³-hybridized carbons (Fsp3) is 0.400. The Morgan fingerprint density at radius 1 is 0.852 bits per heavy atom. The molecule has 0 amide bonds. The summed E-state index contributed by atoms with van der Waals surface area (Å²) in [6, 6.07) is 11.4. The van der Waals surface area contributed by atoms with Crippen molar-refractivity contribution in [1.29, 1.82) is 0 Å². The summed E-state index contributed by atoms with van der Waals surface area (Å²) in [6.45, 7) is 1.27. The van der Waals surface area contributed by atoms with E-state index < -0.39 is 0 Å². The molecule has 2 N–H and O–H groups in total. The van der Waals surface area contributed by atoms with Crippen LogP contribution in [0.5, 0.6) is 23.0 Å². The summed E-state index contributed by atoms with van der Waals surface area (Å²) >= 11 is 1.47. The van der Waals surface area contributed by atoms with Crippen molar-refractivity contribution in [1.82, 2.24) is 0 Å². The molecule has 0 saturated heterocycles. The van der Waals surface area contributed by atoms with Gasteiger partial charge in [0.15, 0.2) is 11.5 Å². The zero-order valence-electron chi connectivity index (χ0n) is 15.1. The van der Waals surface area contributed by atoms with Gasteiger partial charge in [-0.1, -0.05) is 23.9 Å². The van der Waals surface area contributed by atoms with Crippen LogP contribution >= 0.6 is 11.8 Å². The fourth-order valence-electron chi connectivity index (χ4n) is 2.62. The standard InChI is InChI=1S/C20H24O6S/c21-9-13-25-16-7-8-17-20(19(16)26-14-10-22)27-18-6-2-1-5-15(18)23-11-3-4-12-24-17/h1-2,5-8,21-22H,3-4,9-14H2. The number of fused-ring (bicyclic) bond motifs is 2. The van der Waals surface area contributed by atoms with Gasteiger partial charge in [-0.05, 0) is 37.1 Å². The van der Waals surface area contributed by atoms with Gasteiger partial charge < -0.3 is 29.2 Å². The van der Waals surface area contributed by atoms with E-state index >= 15 is 0 Å². The minimum Gasteiger partial charge on any atom is -0.492 e. The van der Waals surface area contributed by atoms with Crippen LogP contribution in [-0.4, -0.2) is 49.9 Å². The molecule has 0 saturated carbocycles. The van der Waals surface area contributed by atoms with E-state index in [-0.39, 0.29) is 26.4 Å². The molecule has 6 nitrogen and oxygen atoms in total. The van der Waals surface area contributed by atoms with Crippen molar-refractivity contribution < 1.29 is 29.2 Å². The Balaban J connectivity index is 2.04. The van der Waals surface area contributed by atoms with E-state index in [4.69, 9.17) is 24.1 Å². The summed E-state index contributed by atoms with van der Waals surface area (Å²) in [6.07, 6.45) is 1.78. The third kappa shape index (κ3) is 5.22. The highest BCUT2D eigenvalue weighted by Crippen LogP contribution is 2.49. The maximum Gasteiger partial charge on any atom is 0.178 e. The van der Waals surface area contributed by atoms with Crippen LogP contribution in [0, 0.1) is 0 Å². The number of rotatable bonds is 6. The topological polar surface area (TPSA) is 77.4 Å². The Morgan fingerprint density at radius 3 is 2.33 bits per heavy atom. The van der Waals surface area contributed by atoms with E-state index in [2.05, 4.69) is 0 Å². The molecule has 0 bridgehead atoms. The van der Waals surface area contributed by atoms with Crippen molar-refractivity contribution in [3.8, 4) is 23.0 Å². The van der Waals surface area contributed by atoms with E-state index in [1.165, 1.54) is 11.8 Å². The number of aliphatic hydroxyl groups excluding tert-OH is 2. The zero-order valence-corrected chi connectivity index (χ0v) is 15.9. The normalized spacial score (nSPS) is 14.0. The van der Waals surface area contributed by atoms with Crippen molar-refractivity contribution in [3.63, 3.8) is 0 Å². The fourth-order valence-corrected chi connectivity index (χ4v) is 3.70. The number of para-hydroxylation sites is 1. The van der Waals surface area contributed by atoms with Crippen LogP contribution in [0.25, 0.3) is 0 Å². The van der Waals surface area contributed by atoms with E-state index in [1.54, 1.807) is 6.07 Å². The Bertz CT molecular complexity index is 736. The van der Waals surface area contributed by atoms with Crippen LogP contribution in [0.1, 0.15) is 12.8 Å². The molecule has 2 aromatic carbocycles. The maximum atomic E-state index is 9.21. The van der Waals surface area contributed by atoms with Crippen LogP contribution in [0.2, 0.25) is 0 Å². The smallest absolute Gasteiger partial charge is 0.178 e. The molecular formula is C20H24O6S. The molecule has 0 fully saturated rings. The molecule has 146 valence electrons. The van der Waals surface area contributed by atoms with E-state index in [1.807, 2.05) is 30.3 Å². The second-order valence-corrected chi connectivity index (χ2v) is 6.87. The van der Waals surface area contributed by atoms with Gasteiger partial charge in [-0.15, -0.1) is 0 Å². The average Bonchev–Trinajstić information content (AvgIpc) is 2.73. The lowest BCUT2D eigenvalue weighted by molar-refractivity contribution is 0.174. The molecule has 0 aliphatic carbocycles. The first-order valence-corrected chi connectivity index (χ1v) is 9.82. The SMILES string of the molecule is OCCOc1ccc2c(c1OCCO)Sc1ccccc1OCCCCO2. The van der Waals surface area contributed by atoms with Gasteiger partial charge in [0.1, 0.15) is 29.6 Å². The Morgan fingerprint density at radius 2 is 1.56 bits per heavy atom. The monoisotopic (exact) mass is 392 g/mol. The highest BCUT2D eigenvalue weighted by atomic mass is 32.2. The molecule has 1 heterocycles. The summed E-state index contributed by atoms with van der Waals surface area (Å²) in [7, 11) is 0. The molecule has 7 heteroatoms. The molecule has 27 heavy (non-hydrogen) atoms. The number of aliphatic hydroxyl groups is 2. The van der Waals surface area contributed by atoms with Crippen molar-refractivity contribution >= 4 is 11.8 Å². The molecular weight excluding hydrogens is 368 g/mol. The summed E-state index contributed by atoms with van der Waals surface area (Å²) in [5, 5.41) is 18.3. The van der Waals surface area contributed by atoms with Gasteiger partial charge in [0.05, 0.1) is 31.3 Å². The Labute approximate surface area is 163 Å². The molecule has 0 spiro atoms. The summed E-state index contributed by atoms with van der Waals surface area (Å²) in [5.41, 5.74) is 0. The minimum atomic E-state index is -0.117. The van der Waals surface area contributed by atoms with Crippen molar-refractivity contribution in [2.75, 3.05) is 39.6 Å². The zero-order chi connectivity index (χ0) is 18.9. The van der Waals surface area contributed by atoms with Crippen LogP contribution in [-0.2, 0) is 0 Å². The molecule has 1 aliphatic heterocycles. The lowest BCUT2D eigenvalue weighted by Crippen LogP contribution is -2.08. The van der Waals surface area contributed by atoms with Crippen molar-refractivity contribution in [3.05, 3.63) is 36.4 Å². The van der Waals surface area contributed by atoms with E-state index in [0.29, 0.717) is 30.5 Å². The molecule has 0 unspecified atom stereocenters. The Hall–Kier alpha value is -2.09. The first-order chi connectivity index (χ1) is 13.3. The number of hydrogen-bond donors (Lipinski definition) is 2. The van der Waals surface area contributed by atoms with Gasteiger partial charge in [0.25, 0.3) is 0 Å². The second kappa shape index (κ2) is 10.3. The average molecular weight is 392 g/mol. The number of ether oxygens (including phenoxy) is 4. The van der Waals surface area contributed by atoms with Crippen molar-refractivity contribution in [2.24, 2.45) is 0 Å². The summed E-state index contributed by atoms with van der Waals surface area (Å²) in [5.74, 6) is 2.50. The lowest BCUT2D eigenvalue weighted by atomic mass is 10.3. The highest BCUT2D eigenvalue weighted by Gasteiger charge is 2.21. The molecule has 0 radical (unpaired) electrons. The molecule has 0 aromatic heterocycles. The van der Waals surface area contributed by atoms with Gasteiger partial charge in [-0.3, -0.25) is 0 Å². The van der Waals surface area contributed by atoms with Gasteiger partial charge >= 0.3 is 0 Å². The third-order valence-corrected chi connectivity index (χ3v) is 4.99.